The van der Waals surface area contributed by atoms with Crippen molar-refractivity contribution in [2.75, 3.05) is 9.80 Å². The number of nitrogens with zero attached hydrogens (tertiary/aromatic N) is 6. The average Bonchev–Trinajstić information content (AvgIpc) is 3.77. The van der Waals surface area contributed by atoms with Crippen molar-refractivity contribution in [3.05, 3.63) is 207 Å². The van der Waals surface area contributed by atoms with Crippen LogP contribution in [-0.2, 0) is 0 Å². The van der Waals surface area contributed by atoms with E-state index in [4.69, 9.17) is 0 Å². The molecule has 0 fully saturated rings. The van der Waals surface area contributed by atoms with Gasteiger partial charge >= 0.3 is 0 Å². The number of hydrogen-bond acceptors (Lipinski definition) is 7. The molecule has 6 nitrogen and oxygen atoms in total. The van der Waals surface area contributed by atoms with Crippen molar-refractivity contribution >= 4 is 45.5 Å². The molecule has 5 aromatic heterocycles. The van der Waals surface area contributed by atoms with Gasteiger partial charge in [-0.3, -0.25) is 19.9 Å². The van der Waals surface area contributed by atoms with Gasteiger partial charge in [0, 0.05) is 93.5 Å². The maximum atomic E-state index is 4.27. The molecule has 262 valence electrons. The normalized spacial score (nSPS) is 10.9. The van der Waals surface area contributed by atoms with E-state index in [1.165, 1.54) is 20.9 Å². The largest absolute Gasteiger partial charge is 0.310 e. The highest BCUT2D eigenvalue weighted by Gasteiger charge is 2.16. The van der Waals surface area contributed by atoms with Crippen LogP contribution in [0.4, 0.5) is 34.1 Å². The predicted octanol–water partition coefficient (Wildman–Crippen LogP) is 12.9. The Labute approximate surface area is 324 Å². The summed E-state index contributed by atoms with van der Waals surface area (Å²) in [6, 6.07) is 55.6. The lowest BCUT2D eigenvalue weighted by atomic mass is 10.1. The Morgan fingerprint density at radius 3 is 0.782 bits per heavy atom. The second kappa shape index (κ2) is 15.4. The summed E-state index contributed by atoms with van der Waals surface area (Å²) in [4.78, 5) is 23.8. The maximum absolute atomic E-state index is 4.27. The molecule has 0 N–H and O–H groups in total. The first kappa shape index (κ1) is 33.6. The number of aromatic nitrogens is 4. The Morgan fingerprint density at radius 2 is 0.473 bits per heavy atom. The molecule has 0 spiro atoms. The average molecular weight is 727 g/mol. The van der Waals surface area contributed by atoms with Gasteiger partial charge in [0.2, 0.25) is 0 Å². The summed E-state index contributed by atoms with van der Waals surface area (Å²) in [5.74, 6) is 0. The van der Waals surface area contributed by atoms with Gasteiger partial charge in [-0.15, -0.1) is 11.3 Å². The van der Waals surface area contributed by atoms with Crippen molar-refractivity contribution < 1.29 is 0 Å². The summed E-state index contributed by atoms with van der Waals surface area (Å²) in [6.45, 7) is 0. The van der Waals surface area contributed by atoms with E-state index in [9.17, 15) is 0 Å². The van der Waals surface area contributed by atoms with E-state index in [0.717, 1.165) is 56.4 Å². The minimum absolute atomic E-state index is 1.05. The van der Waals surface area contributed by atoms with Gasteiger partial charge in [-0.1, -0.05) is 48.5 Å². The molecule has 7 heteroatoms. The van der Waals surface area contributed by atoms with Crippen LogP contribution in [0.2, 0.25) is 0 Å². The molecule has 0 saturated heterocycles. The smallest absolute Gasteiger partial charge is 0.0492 e. The second-order valence-corrected chi connectivity index (χ2v) is 14.0. The van der Waals surface area contributed by atoms with Crippen LogP contribution in [0.3, 0.4) is 0 Å². The van der Waals surface area contributed by atoms with Crippen LogP contribution >= 0.6 is 11.3 Å². The van der Waals surface area contributed by atoms with Gasteiger partial charge in [0.15, 0.2) is 0 Å². The van der Waals surface area contributed by atoms with Crippen molar-refractivity contribution in [1.29, 1.82) is 0 Å². The van der Waals surface area contributed by atoms with E-state index in [1.54, 1.807) is 11.3 Å². The van der Waals surface area contributed by atoms with E-state index in [1.807, 2.05) is 98.1 Å². The summed E-state index contributed by atoms with van der Waals surface area (Å²) in [5, 5.41) is 0. The second-order valence-electron chi connectivity index (χ2n) is 12.9. The van der Waals surface area contributed by atoms with E-state index in [-0.39, 0.29) is 0 Å². The van der Waals surface area contributed by atoms with E-state index < -0.39 is 0 Å². The molecule has 0 unspecified atom stereocenters. The number of thiophene rings is 1. The number of benzene rings is 4. The molecule has 55 heavy (non-hydrogen) atoms. The van der Waals surface area contributed by atoms with Crippen molar-refractivity contribution in [3.8, 4) is 43.1 Å². The van der Waals surface area contributed by atoms with Crippen LogP contribution in [-0.4, -0.2) is 19.9 Å². The Hall–Kier alpha value is -7.22. The molecule has 0 saturated carbocycles. The standard InChI is InChI=1S/C48H34N6S/c1-9-41(10-2-35(1)37-19-27-49-28-20-37)53(45-23-31-51-32-24-45)43-13-5-39(6-14-43)47-17-18-48(55-47)40-7-15-44(16-8-40)54(46-25-33-52-34-26-46)42-11-3-36(4-12-42)38-21-29-50-30-22-38/h1-34H. The molecule has 0 aliphatic carbocycles. The molecular weight excluding hydrogens is 693 g/mol. The predicted molar refractivity (Wildman–Crippen MR) is 227 cm³/mol. The monoisotopic (exact) mass is 726 g/mol. The van der Waals surface area contributed by atoms with Crippen molar-refractivity contribution in [1.82, 2.24) is 19.9 Å². The Kier molecular flexibility index (Phi) is 9.41. The number of hydrogen-bond donors (Lipinski definition) is 0. The lowest BCUT2D eigenvalue weighted by Crippen LogP contribution is -2.09. The van der Waals surface area contributed by atoms with Gasteiger partial charge in [0.1, 0.15) is 0 Å². The zero-order chi connectivity index (χ0) is 36.8. The molecule has 0 aliphatic heterocycles. The van der Waals surface area contributed by atoms with E-state index in [2.05, 4.69) is 139 Å². The number of rotatable bonds is 10. The summed E-state index contributed by atoms with van der Waals surface area (Å²) in [5.41, 5.74) is 13.3. The van der Waals surface area contributed by atoms with Gasteiger partial charge in [-0.05, 0) is 143 Å². The van der Waals surface area contributed by atoms with Crippen LogP contribution in [0.25, 0.3) is 43.1 Å². The van der Waals surface area contributed by atoms with Gasteiger partial charge in [-0.25, -0.2) is 0 Å². The fourth-order valence-corrected chi connectivity index (χ4v) is 7.79. The van der Waals surface area contributed by atoms with Gasteiger partial charge < -0.3 is 9.80 Å². The molecule has 0 aliphatic rings. The third kappa shape index (κ3) is 7.25. The molecule has 0 bridgehead atoms. The molecule has 0 amide bonds. The zero-order valence-corrected chi connectivity index (χ0v) is 30.5. The Morgan fingerprint density at radius 1 is 0.236 bits per heavy atom. The minimum atomic E-state index is 1.05. The molecule has 0 atom stereocenters. The van der Waals surface area contributed by atoms with Gasteiger partial charge in [-0.2, -0.15) is 0 Å². The molecule has 9 aromatic rings. The van der Waals surface area contributed by atoms with Crippen molar-refractivity contribution in [3.63, 3.8) is 0 Å². The minimum Gasteiger partial charge on any atom is -0.310 e. The molecule has 0 radical (unpaired) electrons. The highest BCUT2D eigenvalue weighted by atomic mass is 32.1. The number of pyridine rings is 4. The summed E-state index contributed by atoms with van der Waals surface area (Å²) < 4.78 is 0. The summed E-state index contributed by atoms with van der Waals surface area (Å²) in [7, 11) is 0. The number of anilines is 6. The Bertz CT molecular complexity index is 2410. The van der Waals surface area contributed by atoms with Crippen LogP contribution in [0.1, 0.15) is 0 Å². The molecule has 4 aromatic carbocycles. The molecular formula is C48H34N6S. The lowest BCUT2D eigenvalue weighted by Gasteiger charge is -2.25. The third-order valence-corrected chi connectivity index (χ3v) is 10.7. The third-order valence-electron chi connectivity index (χ3n) is 9.55. The van der Waals surface area contributed by atoms with Crippen LogP contribution in [0.5, 0.6) is 0 Å². The van der Waals surface area contributed by atoms with Gasteiger partial charge in [0.25, 0.3) is 0 Å². The summed E-state index contributed by atoms with van der Waals surface area (Å²) in [6.07, 6.45) is 14.6. The highest BCUT2D eigenvalue weighted by molar-refractivity contribution is 7.18. The van der Waals surface area contributed by atoms with Crippen molar-refractivity contribution in [2.24, 2.45) is 0 Å². The highest BCUT2D eigenvalue weighted by Crippen LogP contribution is 2.41. The quantitative estimate of drug-likeness (QED) is 0.140. The SMILES string of the molecule is c1cc(-c2ccc(N(c3ccncc3)c3ccc(-c4ccc(-c5ccc(N(c6ccncc6)c6ccc(-c7ccncc7)cc6)cc5)s4)cc3)cc2)ccn1. The topological polar surface area (TPSA) is 58.0 Å². The molecule has 9 rings (SSSR count). The fourth-order valence-electron chi connectivity index (χ4n) is 6.77. The van der Waals surface area contributed by atoms with Crippen LogP contribution < -0.4 is 9.80 Å². The van der Waals surface area contributed by atoms with Crippen molar-refractivity contribution in [2.45, 2.75) is 0 Å². The van der Waals surface area contributed by atoms with E-state index >= 15 is 0 Å². The zero-order valence-electron chi connectivity index (χ0n) is 29.7. The Balaban J connectivity index is 0.962. The first-order valence-electron chi connectivity index (χ1n) is 18.0. The maximum Gasteiger partial charge on any atom is 0.0492 e. The van der Waals surface area contributed by atoms with Crippen LogP contribution in [0, 0.1) is 0 Å². The van der Waals surface area contributed by atoms with Crippen LogP contribution in [0.15, 0.2) is 207 Å². The first-order valence-corrected chi connectivity index (χ1v) is 18.8. The van der Waals surface area contributed by atoms with E-state index in [0.29, 0.717) is 0 Å². The summed E-state index contributed by atoms with van der Waals surface area (Å²) >= 11 is 1.80. The van der Waals surface area contributed by atoms with Gasteiger partial charge in [0.05, 0.1) is 0 Å². The lowest BCUT2D eigenvalue weighted by molar-refractivity contribution is 1.24. The fraction of sp³-hybridized carbons (Fsp3) is 0. The first-order chi connectivity index (χ1) is 27.3. The molecule has 5 heterocycles.